The number of carbonyl (C=O) groups excluding carboxylic acids is 1. The Balaban J connectivity index is 2.13. The Bertz CT molecular complexity index is 476. The fraction of sp³-hybridized carbons (Fsp3) is 0.667. The molecule has 3 nitrogen and oxygen atoms in total. The Morgan fingerprint density at radius 1 is 1.39 bits per heavy atom. The summed E-state index contributed by atoms with van der Waals surface area (Å²) in [4.78, 5) is 11.7. The standard InChI is InChI=1S/C15H20O3/c1-9-5-4-6-14(3)7-8-15(17)10(2)13(16)18-12(15)11(9)14/h12,17H,2,4-8H2,1,3H3/t12-,14-,15-/m1/s1. The van der Waals surface area contributed by atoms with Gasteiger partial charge < -0.3 is 9.84 Å². The summed E-state index contributed by atoms with van der Waals surface area (Å²) in [7, 11) is 0. The van der Waals surface area contributed by atoms with Crippen LogP contribution >= 0.6 is 0 Å². The number of rotatable bonds is 0. The van der Waals surface area contributed by atoms with Crippen LogP contribution < -0.4 is 0 Å². The van der Waals surface area contributed by atoms with E-state index in [0.29, 0.717) is 6.42 Å². The lowest BCUT2D eigenvalue weighted by molar-refractivity contribution is -0.141. The molecule has 3 aliphatic rings. The monoisotopic (exact) mass is 248 g/mol. The van der Waals surface area contributed by atoms with Crippen molar-refractivity contribution in [2.24, 2.45) is 5.41 Å². The quantitative estimate of drug-likeness (QED) is 0.407. The number of hydrogen-bond acceptors (Lipinski definition) is 3. The van der Waals surface area contributed by atoms with Crippen molar-refractivity contribution in [1.82, 2.24) is 0 Å². The van der Waals surface area contributed by atoms with Crippen LogP contribution in [-0.4, -0.2) is 22.8 Å². The molecule has 0 aromatic heterocycles. The average Bonchev–Trinajstić information content (AvgIpc) is 2.53. The predicted molar refractivity (Wildman–Crippen MR) is 67.9 cm³/mol. The smallest absolute Gasteiger partial charge is 0.337 e. The highest BCUT2D eigenvalue weighted by atomic mass is 16.6. The Kier molecular flexibility index (Phi) is 2.31. The molecule has 0 bridgehead atoms. The minimum absolute atomic E-state index is 0.0874. The molecule has 2 fully saturated rings. The normalized spacial score (nSPS) is 43.6. The zero-order valence-corrected chi connectivity index (χ0v) is 11.1. The van der Waals surface area contributed by atoms with Crippen LogP contribution in [0, 0.1) is 5.41 Å². The summed E-state index contributed by atoms with van der Waals surface area (Å²) >= 11 is 0. The van der Waals surface area contributed by atoms with Crippen molar-refractivity contribution in [2.45, 2.75) is 57.7 Å². The maximum atomic E-state index is 11.7. The second kappa shape index (κ2) is 3.47. The molecule has 1 saturated heterocycles. The summed E-state index contributed by atoms with van der Waals surface area (Å²) in [6, 6.07) is 0. The molecule has 0 spiro atoms. The molecule has 0 radical (unpaired) electrons. The van der Waals surface area contributed by atoms with Gasteiger partial charge in [-0.2, -0.15) is 0 Å². The average molecular weight is 248 g/mol. The molecule has 0 unspecified atom stereocenters. The first-order valence-corrected chi connectivity index (χ1v) is 6.71. The highest BCUT2D eigenvalue weighted by Gasteiger charge is 2.59. The van der Waals surface area contributed by atoms with E-state index in [9.17, 15) is 9.90 Å². The van der Waals surface area contributed by atoms with Crippen molar-refractivity contribution in [3.8, 4) is 0 Å². The molecule has 1 saturated carbocycles. The van der Waals surface area contributed by atoms with Crippen molar-refractivity contribution in [3.63, 3.8) is 0 Å². The highest BCUT2D eigenvalue weighted by molar-refractivity contribution is 5.93. The van der Waals surface area contributed by atoms with Gasteiger partial charge in [-0.3, -0.25) is 0 Å². The molecular formula is C15H20O3. The Labute approximate surface area is 108 Å². The summed E-state index contributed by atoms with van der Waals surface area (Å²) in [5, 5.41) is 10.7. The number of carbonyl (C=O) groups is 1. The lowest BCUT2D eigenvalue weighted by Crippen LogP contribution is -2.50. The van der Waals surface area contributed by atoms with Crippen molar-refractivity contribution in [2.75, 3.05) is 0 Å². The topological polar surface area (TPSA) is 46.5 Å². The molecule has 1 aliphatic heterocycles. The van der Waals surface area contributed by atoms with Crippen LogP contribution in [0.3, 0.4) is 0 Å². The van der Waals surface area contributed by atoms with Gasteiger partial charge >= 0.3 is 5.97 Å². The first-order chi connectivity index (χ1) is 8.38. The molecule has 0 aromatic carbocycles. The number of esters is 1. The van der Waals surface area contributed by atoms with E-state index in [1.165, 1.54) is 12.0 Å². The van der Waals surface area contributed by atoms with E-state index in [1.807, 2.05) is 0 Å². The third-order valence-electron chi connectivity index (χ3n) is 5.14. The fourth-order valence-corrected chi connectivity index (χ4v) is 3.98. The number of fused-ring (bicyclic) bond motifs is 3. The van der Waals surface area contributed by atoms with Gasteiger partial charge in [0.1, 0.15) is 5.60 Å². The second-order valence-electron chi connectivity index (χ2n) is 6.30. The van der Waals surface area contributed by atoms with Crippen LogP contribution in [-0.2, 0) is 9.53 Å². The van der Waals surface area contributed by atoms with E-state index in [1.54, 1.807) is 0 Å². The van der Waals surface area contributed by atoms with Crippen LogP contribution in [0.4, 0.5) is 0 Å². The lowest BCUT2D eigenvalue weighted by atomic mass is 9.59. The van der Waals surface area contributed by atoms with Crippen molar-refractivity contribution < 1.29 is 14.6 Å². The first-order valence-electron chi connectivity index (χ1n) is 6.71. The molecule has 3 atom stereocenters. The third kappa shape index (κ3) is 1.31. The van der Waals surface area contributed by atoms with Gasteiger partial charge in [0.05, 0.1) is 5.57 Å². The minimum atomic E-state index is -1.16. The van der Waals surface area contributed by atoms with Crippen molar-refractivity contribution >= 4 is 5.97 Å². The maximum Gasteiger partial charge on any atom is 0.337 e. The molecule has 18 heavy (non-hydrogen) atoms. The highest BCUT2D eigenvalue weighted by Crippen LogP contribution is 2.56. The molecule has 98 valence electrons. The zero-order chi connectivity index (χ0) is 13.1. The number of hydrogen-bond donors (Lipinski definition) is 1. The van der Waals surface area contributed by atoms with E-state index < -0.39 is 17.7 Å². The van der Waals surface area contributed by atoms with Crippen LogP contribution in [0.2, 0.25) is 0 Å². The van der Waals surface area contributed by atoms with Crippen LogP contribution in [0.5, 0.6) is 0 Å². The SMILES string of the molecule is C=C1C(=O)O[C@@H]2C3=C(C)CCC[C@]3(C)CC[C@@]12O. The van der Waals surface area contributed by atoms with Gasteiger partial charge in [0.2, 0.25) is 0 Å². The van der Waals surface area contributed by atoms with E-state index in [4.69, 9.17) is 4.74 Å². The zero-order valence-electron chi connectivity index (χ0n) is 11.1. The van der Waals surface area contributed by atoms with Crippen molar-refractivity contribution in [3.05, 3.63) is 23.3 Å². The van der Waals surface area contributed by atoms with Gasteiger partial charge in [-0.15, -0.1) is 0 Å². The van der Waals surface area contributed by atoms with Crippen LogP contribution in [0.15, 0.2) is 23.3 Å². The van der Waals surface area contributed by atoms with Crippen molar-refractivity contribution in [1.29, 1.82) is 0 Å². The molecule has 3 rings (SSSR count). The second-order valence-corrected chi connectivity index (χ2v) is 6.30. The van der Waals surface area contributed by atoms with Gasteiger partial charge in [-0.05, 0) is 50.0 Å². The summed E-state index contributed by atoms with van der Waals surface area (Å²) in [5.41, 5.74) is 1.61. The predicted octanol–water partition coefficient (Wildman–Crippen LogP) is 2.50. The number of allylic oxidation sites excluding steroid dienone is 1. The third-order valence-corrected chi connectivity index (χ3v) is 5.14. The molecule has 2 aliphatic carbocycles. The Hall–Kier alpha value is -1.09. The molecule has 0 aromatic rings. The minimum Gasteiger partial charge on any atom is -0.451 e. The van der Waals surface area contributed by atoms with Crippen LogP contribution in [0.1, 0.15) is 46.0 Å². The Morgan fingerprint density at radius 3 is 2.83 bits per heavy atom. The molecule has 3 heteroatoms. The van der Waals surface area contributed by atoms with Crippen LogP contribution in [0.25, 0.3) is 0 Å². The van der Waals surface area contributed by atoms with Gasteiger partial charge in [-0.25, -0.2) is 4.79 Å². The number of ether oxygens (including phenoxy) is 1. The Morgan fingerprint density at radius 2 is 2.11 bits per heavy atom. The largest absolute Gasteiger partial charge is 0.451 e. The van der Waals surface area contributed by atoms with E-state index in [2.05, 4.69) is 20.4 Å². The summed E-state index contributed by atoms with van der Waals surface area (Å²) in [6.07, 6.45) is 4.35. The maximum absolute atomic E-state index is 11.7. The summed E-state index contributed by atoms with van der Waals surface area (Å²) in [6.45, 7) is 8.07. The van der Waals surface area contributed by atoms with E-state index >= 15 is 0 Å². The molecule has 0 amide bonds. The summed E-state index contributed by atoms with van der Waals surface area (Å²) < 4.78 is 5.44. The molecular weight excluding hydrogens is 228 g/mol. The molecule has 1 N–H and O–H groups in total. The first kappa shape index (κ1) is 12.0. The van der Waals surface area contributed by atoms with E-state index in [0.717, 1.165) is 24.8 Å². The fourth-order valence-electron chi connectivity index (χ4n) is 3.98. The lowest BCUT2D eigenvalue weighted by Gasteiger charge is -2.48. The van der Waals surface area contributed by atoms with Gasteiger partial charge in [0.25, 0.3) is 0 Å². The van der Waals surface area contributed by atoms with E-state index in [-0.39, 0.29) is 11.0 Å². The number of aliphatic hydroxyl groups is 1. The van der Waals surface area contributed by atoms with Gasteiger partial charge in [0.15, 0.2) is 6.10 Å². The van der Waals surface area contributed by atoms with Gasteiger partial charge in [-0.1, -0.05) is 19.1 Å². The van der Waals surface area contributed by atoms with Gasteiger partial charge in [0, 0.05) is 0 Å². The molecule has 1 heterocycles. The summed E-state index contributed by atoms with van der Waals surface area (Å²) in [5.74, 6) is -0.433.